The maximum atomic E-state index is 12.6. The molecular weight excluding hydrogens is 372 g/mol. The number of fused-ring (bicyclic) bond motifs is 1. The number of aryl methyl sites for hydroxylation is 3. The van der Waals surface area contributed by atoms with Crippen molar-refractivity contribution in [3.63, 3.8) is 0 Å². The van der Waals surface area contributed by atoms with Crippen molar-refractivity contribution in [2.75, 3.05) is 0 Å². The number of carbonyl (C=O) groups is 3. The van der Waals surface area contributed by atoms with E-state index in [9.17, 15) is 14.4 Å². The third kappa shape index (κ3) is 6.14. The van der Waals surface area contributed by atoms with Gasteiger partial charge in [-0.3, -0.25) is 4.79 Å². The maximum Gasteiger partial charge on any atom is 0.328 e. The first-order valence-electron chi connectivity index (χ1n) is 8.94. The first-order valence-corrected chi connectivity index (χ1v) is 8.94. The highest BCUT2D eigenvalue weighted by Gasteiger charge is 2.14. The van der Waals surface area contributed by atoms with Crippen LogP contribution in [0.15, 0.2) is 54.9 Å². The molecule has 3 rings (SSSR count). The molecule has 0 fully saturated rings. The van der Waals surface area contributed by atoms with Gasteiger partial charge in [0.15, 0.2) is 5.78 Å². The summed E-state index contributed by atoms with van der Waals surface area (Å²) in [5.41, 5.74) is 3.90. The van der Waals surface area contributed by atoms with Crippen LogP contribution in [-0.2, 0) is 16.0 Å². The Hall–Kier alpha value is -3.74. The molecule has 1 heterocycles. The summed E-state index contributed by atoms with van der Waals surface area (Å²) in [4.78, 5) is 39.1. The number of hydrogen-bond acceptors (Lipinski definition) is 4. The van der Waals surface area contributed by atoms with Crippen LogP contribution in [0.5, 0.6) is 0 Å². The van der Waals surface area contributed by atoms with Gasteiger partial charge in [-0.25, -0.2) is 14.6 Å². The fraction of sp³-hybridized carbons (Fsp3) is 0.182. The van der Waals surface area contributed by atoms with Crippen LogP contribution in [0.1, 0.15) is 33.7 Å². The van der Waals surface area contributed by atoms with Crippen molar-refractivity contribution in [1.29, 1.82) is 0 Å². The standard InChI is InChI=1S/C18H18N2O.C4H4O4/c1-12-7-8-14-5-3-4-6-15(14)18(12)17(21)10-9-16-13(2)19-11-20-16;5-3(6)1-2-4(7)8/h3-8,11H,9-10H2,1-2H3,(H,19,20);1-2H,(H,5,6)(H,7,8). The zero-order valence-corrected chi connectivity index (χ0v) is 16.2. The predicted molar refractivity (Wildman–Crippen MR) is 109 cm³/mol. The van der Waals surface area contributed by atoms with E-state index >= 15 is 0 Å². The maximum absolute atomic E-state index is 12.6. The van der Waals surface area contributed by atoms with Gasteiger partial charge in [0.25, 0.3) is 0 Å². The van der Waals surface area contributed by atoms with Crippen LogP contribution in [0, 0.1) is 13.8 Å². The monoisotopic (exact) mass is 394 g/mol. The van der Waals surface area contributed by atoms with E-state index in [0.717, 1.165) is 33.3 Å². The average molecular weight is 394 g/mol. The van der Waals surface area contributed by atoms with Crippen molar-refractivity contribution in [2.24, 2.45) is 0 Å². The molecule has 0 atom stereocenters. The van der Waals surface area contributed by atoms with E-state index in [-0.39, 0.29) is 5.78 Å². The number of imidazole rings is 1. The fourth-order valence-corrected chi connectivity index (χ4v) is 2.89. The SMILES string of the molecule is Cc1ccc2ccccc2c1C(=O)CCc1nc[nH]c1C.O=C(O)C=CC(=O)O. The number of H-pyrrole nitrogens is 1. The van der Waals surface area contributed by atoms with E-state index in [0.29, 0.717) is 25.0 Å². The quantitative estimate of drug-likeness (QED) is 0.433. The number of nitrogens with one attached hydrogen (secondary N) is 1. The van der Waals surface area contributed by atoms with Crippen LogP contribution >= 0.6 is 0 Å². The lowest BCUT2D eigenvalue weighted by molar-refractivity contribution is -0.134. The van der Waals surface area contributed by atoms with E-state index in [1.54, 1.807) is 6.33 Å². The minimum Gasteiger partial charge on any atom is -0.478 e. The van der Waals surface area contributed by atoms with Gasteiger partial charge >= 0.3 is 11.9 Å². The Morgan fingerprint density at radius 1 is 1.00 bits per heavy atom. The van der Waals surface area contributed by atoms with Crippen LogP contribution in [-0.4, -0.2) is 37.9 Å². The molecule has 29 heavy (non-hydrogen) atoms. The highest BCUT2D eigenvalue weighted by atomic mass is 16.4. The largest absolute Gasteiger partial charge is 0.478 e. The molecule has 1 aromatic heterocycles. The van der Waals surface area contributed by atoms with E-state index in [2.05, 4.69) is 16.0 Å². The van der Waals surface area contributed by atoms with Crippen molar-refractivity contribution < 1.29 is 24.6 Å². The minimum absolute atomic E-state index is 0.187. The highest BCUT2D eigenvalue weighted by molar-refractivity contribution is 6.09. The Morgan fingerprint density at radius 2 is 1.66 bits per heavy atom. The Labute approximate surface area is 167 Å². The Morgan fingerprint density at radius 3 is 2.24 bits per heavy atom. The number of benzene rings is 2. The molecular formula is C22H22N2O5. The molecule has 0 saturated heterocycles. The number of carboxylic acids is 2. The molecule has 3 N–H and O–H groups in total. The summed E-state index contributed by atoms with van der Waals surface area (Å²) >= 11 is 0. The first-order chi connectivity index (χ1) is 13.8. The molecule has 0 bridgehead atoms. The number of nitrogens with zero attached hydrogens (tertiary/aromatic N) is 1. The molecule has 0 aliphatic rings. The number of carbonyl (C=O) groups excluding carboxylic acids is 1. The van der Waals surface area contributed by atoms with Gasteiger partial charge in [0.05, 0.1) is 12.0 Å². The van der Waals surface area contributed by atoms with E-state index < -0.39 is 11.9 Å². The predicted octanol–water partition coefficient (Wildman–Crippen LogP) is 3.71. The second-order valence-electron chi connectivity index (χ2n) is 6.39. The van der Waals surface area contributed by atoms with Gasteiger partial charge in [-0.2, -0.15) is 0 Å². The smallest absolute Gasteiger partial charge is 0.328 e. The van der Waals surface area contributed by atoms with Gasteiger partial charge in [0.1, 0.15) is 0 Å². The summed E-state index contributed by atoms with van der Waals surface area (Å²) in [5, 5.41) is 17.8. The lowest BCUT2D eigenvalue weighted by Crippen LogP contribution is -2.05. The molecule has 3 aromatic rings. The van der Waals surface area contributed by atoms with Crippen LogP contribution in [0.3, 0.4) is 0 Å². The van der Waals surface area contributed by atoms with Crippen LogP contribution < -0.4 is 0 Å². The van der Waals surface area contributed by atoms with Crippen molar-refractivity contribution in [2.45, 2.75) is 26.7 Å². The van der Waals surface area contributed by atoms with Gasteiger partial charge in [-0.1, -0.05) is 36.4 Å². The zero-order chi connectivity index (χ0) is 21.4. The number of aromatic nitrogens is 2. The molecule has 0 radical (unpaired) electrons. The molecule has 0 spiro atoms. The molecule has 0 unspecified atom stereocenters. The number of Topliss-reactive ketones (excluding diaryl/α,β-unsaturated/α-hetero) is 1. The number of ketones is 1. The zero-order valence-electron chi connectivity index (χ0n) is 16.2. The minimum atomic E-state index is -1.26. The first kappa shape index (κ1) is 21.6. The van der Waals surface area contributed by atoms with Crippen LogP contribution in [0.2, 0.25) is 0 Å². The summed E-state index contributed by atoms with van der Waals surface area (Å²) in [6.07, 6.45) is 3.96. The Balaban J connectivity index is 0.000000321. The number of aliphatic carboxylic acids is 2. The second kappa shape index (κ2) is 9.98. The lowest BCUT2D eigenvalue weighted by Gasteiger charge is -2.09. The molecule has 0 amide bonds. The average Bonchev–Trinajstić information content (AvgIpc) is 3.09. The summed E-state index contributed by atoms with van der Waals surface area (Å²) in [7, 11) is 0. The fourth-order valence-electron chi connectivity index (χ4n) is 2.89. The molecule has 150 valence electrons. The summed E-state index contributed by atoms with van der Waals surface area (Å²) in [6.45, 7) is 3.98. The summed E-state index contributed by atoms with van der Waals surface area (Å²) in [5.74, 6) is -2.33. The van der Waals surface area contributed by atoms with Gasteiger partial charge in [-0.15, -0.1) is 0 Å². The van der Waals surface area contributed by atoms with Crippen molar-refractivity contribution in [3.8, 4) is 0 Å². The number of carboxylic acid groups (broad SMARTS) is 2. The summed E-state index contributed by atoms with van der Waals surface area (Å²) < 4.78 is 0. The normalized spacial score (nSPS) is 10.6. The Kier molecular flexibility index (Phi) is 7.42. The number of aromatic amines is 1. The van der Waals surface area contributed by atoms with E-state index in [4.69, 9.17) is 10.2 Å². The second-order valence-corrected chi connectivity index (χ2v) is 6.39. The molecule has 2 aromatic carbocycles. The molecule has 7 heteroatoms. The third-order valence-corrected chi connectivity index (χ3v) is 4.31. The van der Waals surface area contributed by atoms with Gasteiger partial charge in [0.2, 0.25) is 0 Å². The topological polar surface area (TPSA) is 120 Å². The van der Waals surface area contributed by atoms with Crippen molar-refractivity contribution in [1.82, 2.24) is 9.97 Å². The van der Waals surface area contributed by atoms with E-state index in [1.165, 1.54) is 0 Å². The summed E-state index contributed by atoms with van der Waals surface area (Å²) in [6, 6.07) is 12.1. The van der Waals surface area contributed by atoms with Crippen molar-refractivity contribution >= 4 is 28.5 Å². The molecule has 0 aliphatic carbocycles. The van der Waals surface area contributed by atoms with Crippen LogP contribution in [0.4, 0.5) is 0 Å². The van der Waals surface area contributed by atoms with Crippen molar-refractivity contribution in [3.05, 3.63) is 77.4 Å². The van der Waals surface area contributed by atoms with Crippen LogP contribution in [0.25, 0.3) is 10.8 Å². The van der Waals surface area contributed by atoms with Gasteiger partial charge in [0, 0.05) is 29.8 Å². The van der Waals surface area contributed by atoms with Gasteiger partial charge in [-0.05, 0) is 36.6 Å². The molecule has 0 saturated carbocycles. The Bertz CT molecular complexity index is 1050. The molecule has 7 nitrogen and oxygen atoms in total. The van der Waals surface area contributed by atoms with E-state index in [1.807, 2.05) is 44.2 Å². The lowest BCUT2D eigenvalue weighted by atomic mass is 9.94. The molecule has 0 aliphatic heterocycles. The third-order valence-electron chi connectivity index (χ3n) is 4.31. The van der Waals surface area contributed by atoms with Gasteiger partial charge < -0.3 is 15.2 Å². The number of hydrogen-bond donors (Lipinski definition) is 3. The highest BCUT2D eigenvalue weighted by Crippen LogP contribution is 2.24. The number of rotatable bonds is 6.